The summed E-state index contributed by atoms with van der Waals surface area (Å²) in [5.74, 6) is 0.412. The first-order chi connectivity index (χ1) is 7.44. The highest BCUT2D eigenvalue weighted by Crippen LogP contribution is 2.27. The van der Waals surface area contributed by atoms with E-state index in [9.17, 15) is 4.79 Å². The van der Waals surface area contributed by atoms with Crippen LogP contribution < -0.4 is 5.73 Å². The van der Waals surface area contributed by atoms with Gasteiger partial charge in [-0.1, -0.05) is 13.8 Å². The standard InChI is InChI=1S/C11H18N4O/c1-7(2)11(12)5-15(6-11)10(16)9-4-13-14-8(9)3/h4,7H,5-6,12H2,1-3H3,(H,13,14). The van der Waals surface area contributed by atoms with Crippen molar-refractivity contribution >= 4 is 5.91 Å². The summed E-state index contributed by atoms with van der Waals surface area (Å²) < 4.78 is 0. The molecule has 1 aromatic rings. The zero-order chi connectivity index (χ0) is 11.9. The number of nitrogens with zero attached hydrogens (tertiary/aromatic N) is 2. The maximum atomic E-state index is 12.0. The van der Waals surface area contributed by atoms with Gasteiger partial charge in [0.25, 0.3) is 5.91 Å². The molecule has 2 rings (SSSR count). The number of carbonyl (C=O) groups is 1. The first kappa shape index (κ1) is 11.1. The predicted octanol–water partition coefficient (Wildman–Crippen LogP) is 0.527. The van der Waals surface area contributed by atoms with Gasteiger partial charge in [-0.3, -0.25) is 9.89 Å². The van der Waals surface area contributed by atoms with Crippen LogP contribution in [0.4, 0.5) is 0 Å². The Morgan fingerprint density at radius 1 is 1.62 bits per heavy atom. The minimum atomic E-state index is -0.215. The van der Waals surface area contributed by atoms with E-state index in [1.165, 1.54) is 0 Å². The normalized spacial score (nSPS) is 18.7. The molecular weight excluding hydrogens is 204 g/mol. The number of nitrogens with one attached hydrogen (secondary N) is 1. The molecule has 1 fully saturated rings. The second-order valence-electron chi connectivity index (χ2n) is 4.96. The van der Waals surface area contributed by atoms with E-state index in [2.05, 4.69) is 24.0 Å². The molecule has 1 aromatic heterocycles. The molecule has 0 unspecified atom stereocenters. The van der Waals surface area contributed by atoms with Crippen LogP contribution in [0.3, 0.4) is 0 Å². The van der Waals surface area contributed by atoms with Gasteiger partial charge in [0.1, 0.15) is 0 Å². The smallest absolute Gasteiger partial charge is 0.257 e. The van der Waals surface area contributed by atoms with Crippen LogP contribution in [-0.2, 0) is 0 Å². The van der Waals surface area contributed by atoms with Crippen LogP contribution >= 0.6 is 0 Å². The Bertz CT molecular complexity index is 404. The van der Waals surface area contributed by atoms with E-state index in [4.69, 9.17) is 5.73 Å². The Kier molecular flexibility index (Phi) is 2.50. The van der Waals surface area contributed by atoms with Crippen LogP contribution in [-0.4, -0.2) is 39.6 Å². The molecule has 3 N–H and O–H groups in total. The van der Waals surface area contributed by atoms with Crippen LogP contribution in [0.2, 0.25) is 0 Å². The second kappa shape index (κ2) is 3.59. The van der Waals surface area contributed by atoms with Gasteiger partial charge in [0.15, 0.2) is 0 Å². The van der Waals surface area contributed by atoms with Crippen molar-refractivity contribution in [2.24, 2.45) is 11.7 Å². The zero-order valence-corrected chi connectivity index (χ0v) is 9.95. The van der Waals surface area contributed by atoms with Crippen LogP contribution in [0.5, 0.6) is 0 Å². The van der Waals surface area contributed by atoms with Crippen molar-refractivity contribution < 1.29 is 4.79 Å². The summed E-state index contributed by atoms with van der Waals surface area (Å²) in [6, 6.07) is 0. The third kappa shape index (κ3) is 1.61. The van der Waals surface area contributed by atoms with Gasteiger partial charge in [0.2, 0.25) is 0 Å². The molecule has 1 amide bonds. The molecule has 16 heavy (non-hydrogen) atoms. The molecule has 1 aliphatic heterocycles. The van der Waals surface area contributed by atoms with Crippen molar-refractivity contribution in [2.75, 3.05) is 13.1 Å². The number of aryl methyl sites for hydroxylation is 1. The first-order valence-electron chi connectivity index (χ1n) is 5.52. The minimum absolute atomic E-state index is 0.0213. The maximum Gasteiger partial charge on any atom is 0.257 e. The number of nitrogens with two attached hydrogens (primary N) is 1. The molecule has 5 heteroatoms. The average Bonchev–Trinajstić information content (AvgIpc) is 2.58. The van der Waals surface area contributed by atoms with Crippen molar-refractivity contribution in [3.05, 3.63) is 17.5 Å². The van der Waals surface area contributed by atoms with E-state index in [1.54, 1.807) is 11.1 Å². The van der Waals surface area contributed by atoms with Gasteiger partial charge in [-0.2, -0.15) is 5.10 Å². The number of H-pyrrole nitrogens is 1. The lowest BCUT2D eigenvalue weighted by Gasteiger charge is -2.50. The monoisotopic (exact) mass is 222 g/mol. The van der Waals surface area contributed by atoms with E-state index in [-0.39, 0.29) is 11.4 Å². The van der Waals surface area contributed by atoms with Gasteiger partial charge in [0.05, 0.1) is 17.3 Å². The molecule has 0 aliphatic carbocycles. The van der Waals surface area contributed by atoms with Gasteiger partial charge >= 0.3 is 0 Å². The van der Waals surface area contributed by atoms with Gasteiger partial charge in [-0.15, -0.1) is 0 Å². The van der Waals surface area contributed by atoms with Crippen molar-refractivity contribution in [2.45, 2.75) is 26.3 Å². The average molecular weight is 222 g/mol. The number of likely N-dealkylation sites (tertiary alicyclic amines) is 1. The molecule has 1 saturated heterocycles. The number of rotatable bonds is 2. The molecular formula is C11H18N4O. The molecule has 0 bridgehead atoms. The molecule has 0 radical (unpaired) electrons. The Morgan fingerprint density at radius 3 is 2.69 bits per heavy atom. The fourth-order valence-electron chi connectivity index (χ4n) is 1.91. The summed E-state index contributed by atoms with van der Waals surface area (Å²) in [4.78, 5) is 13.8. The summed E-state index contributed by atoms with van der Waals surface area (Å²) >= 11 is 0. The van der Waals surface area contributed by atoms with Gasteiger partial charge in [-0.05, 0) is 12.8 Å². The number of amides is 1. The lowest BCUT2D eigenvalue weighted by Crippen LogP contribution is -2.71. The molecule has 0 atom stereocenters. The minimum Gasteiger partial charge on any atom is -0.335 e. The third-order valence-electron chi connectivity index (χ3n) is 3.47. The van der Waals surface area contributed by atoms with E-state index < -0.39 is 0 Å². The third-order valence-corrected chi connectivity index (χ3v) is 3.47. The Balaban J connectivity index is 2.04. The Hall–Kier alpha value is -1.36. The molecule has 0 spiro atoms. The van der Waals surface area contributed by atoms with E-state index >= 15 is 0 Å². The van der Waals surface area contributed by atoms with E-state index in [1.807, 2.05) is 6.92 Å². The molecule has 0 saturated carbocycles. The fraction of sp³-hybridized carbons (Fsp3) is 0.636. The number of hydrogen-bond donors (Lipinski definition) is 2. The predicted molar refractivity (Wildman–Crippen MR) is 61.0 cm³/mol. The van der Waals surface area contributed by atoms with Crippen molar-refractivity contribution in [3.63, 3.8) is 0 Å². The first-order valence-corrected chi connectivity index (χ1v) is 5.52. The highest BCUT2D eigenvalue weighted by atomic mass is 16.2. The van der Waals surface area contributed by atoms with Crippen molar-refractivity contribution in [1.82, 2.24) is 15.1 Å². The number of carbonyl (C=O) groups excluding carboxylic acids is 1. The van der Waals surface area contributed by atoms with Crippen LogP contribution in [0, 0.1) is 12.8 Å². The fourth-order valence-corrected chi connectivity index (χ4v) is 1.91. The van der Waals surface area contributed by atoms with Crippen molar-refractivity contribution in [3.8, 4) is 0 Å². The van der Waals surface area contributed by atoms with Gasteiger partial charge < -0.3 is 10.6 Å². The molecule has 0 aromatic carbocycles. The Labute approximate surface area is 95.0 Å². The van der Waals surface area contributed by atoms with Gasteiger partial charge in [0, 0.05) is 18.8 Å². The highest BCUT2D eigenvalue weighted by Gasteiger charge is 2.44. The summed E-state index contributed by atoms with van der Waals surface area (Å²) in [6.45, 7) is 7.29. The quantitative estimate of drug-likeness (QED) is 0.766. The molecule has 1 aliphatic rings. The zero-order valence-electron chi connectivity index (χ0n) is 9.95. The number of aromatic nitrogens is 2. The molecule has 2 heterocycles. The maximum absolute atomic E-state index is 12.0. The van der Waals surface area contributed by atoms with Crippen LogP contribution in [0.15, 0.2) is 6.20 Å². The van der Waals surface area contributed by atoms with Gasteiger partial charge in [-0.25, -0.2) is 0 Å². The topological polar surface area (TPSA) is 75.0 Å². The molecule has 5 nitrogen and oxygen atoms in total. The summed E-state index contributed by atoms with van der Waals surface area (Å²) in [7, 11) is 0. The van der Waals surface area contributed by atoms with E-state index in [0.717, 1.165) is 5.69 Å². The molecule has 88 valence electrons. The lowest BCUT2D eigenvalue weighted by molar-refractivity contribution is 0.0274. The summed E-state index contributed by atoms with van der Waals surface area (Å²) in [5.41, 5.74) is 7.39. The SMILES string of the molecule is Cc1[nH]ncc1C(=O)N1CC(N)(C(C)C)C1. The summed E-state index contributed by atoms with van der Waals surface area (Å²) in [6.07, 6.45) is 1.57. The summed E-state index contributed by atoms with van der Waals surface area (Å²) in [5, 5.41) is 6.62. The Morgan fingerprint density at radius 2 is 2.25 bits per heavy atom. The van der Waals surface area contributed by atoms with E-state index in [0.29, 0.717) is 24.6 Å². The van der Waals surface area contributed by atoms with Crippen LogP contribution in [0.1, 0.15) is 29.9 Å². The second-order valence-corrected chi connectivity index (χ2v) is 4.96. The number of aromatic amines is 1. The number of hydrogen-bond acceptors (Lipinski definition) is 3. The largest absolute Gasteiger partial charge is 0.335 e. The van der Waals surface area contributed by atoms with Crippen LogP contribution in [0.25, 0.3) is 0 Å². The highest BCUT2D eigenvalue weighted by molar-refractivity contribution is 5.95. The lowest BCUT2D eigenvalue weighted by atomic mass is 9.80. The van der Waals surface area contributed by atoms with Crippen molar-refractivity contribution in [1.29, 1.82) is 0 Å².